The molecule has 0 aromatic heterocycles. The quantitative estimate of drug-likeness (QED) is 0.145. The van der Waals surface area contributed by atoms with Crippen molar-refractivity contribution in [2.24, 2.45) is 92.7 Å². The van der Waals surface area contributed by atoms with Crippen molar-refractivity contribution in [3.8, 4) is 0 Å². The van der Waals surface area contributed by atoms with E-state index in [4.69, 9.17) is 0 Å². The number of nitrogens with zero attached hydrogens (tertiary/aromatic N) is 1. The molecule has 8 aliphatic carbocycles. The highest BCUT2D eigenvalue weighted by molar-refractivity contribution is 5.84. The summed E-state index contributed by atoms with van der Waals surface area (Å²) >= 11 is 0. The number of imide groups is 1. The third kappa shape index (κ3) is 6.84. The number of hydrogen-bond acceptors (Lipinski definition) is 8. The van der Waals surface area contributed by atoms with Crippen molar-refractivity contribution in [3.05, 3.63) is 0 Å². The van der Waals surface area contributed by atoms with Gasteiger partial charge in [0.1, 0.15) is 0 Å². The van der Waals surface area contributed by atoms with E-state index in [1.165, 1.54) is 0 Å². The van der Waals surface area contributed by atoms with E-state index in [1.54, 1.807) is 14.1 Å². The number of quaternary nitrogens is 1. The molecule has 0 saturated heterocycles. The molecule has 8 aliphatic rings. The maximum absolute atomic E-state index is 13.9. The first kappa shape index (κ1) is 44.7. The Balaban J connectivity index is 0.865. The molecule has 0 radical (unpaired) electrons. The SMILES string of the molecule is CC(CCC(=O)[N+](C)(C)C(=O)CCC(C)C1CCC2C3C(O)CC4CC(O)CCC4(C)C3CC(O)C12C)C1CCC2C3C(O)CC4CC(O)CCC4(C)C3CC(O)C12C. The maximum Gasteiger partial charge on any atom is 0.320 e. The summed E-state index contributed by atoms with van der Waals surface area (Å²) in [7, 11) is 3.50. The number of fused-ring (bicyclic) bond motifs is 10. The number of amides is 2. The molecule has 22 unspecified atom stereocenters. The maximum atomic E-state index is 13.9. The summed E-state index contributed by atoms with van der Waals surface area (Å²) in [4.78, 5) is 27.9. The van der Waals surface area contributed by atoms with Crippen LogP contribution in [0.2, 0.25) is 0 Å². The monoisotopic (exact) mass is 827 g/mol. The molecule has 0 aromatic carbocycles. The lowest BCUT2D eigenvalue weighted by atomic mass is 9.43. The Morgan fingerprint density at radius 3 is 1.29 bits per heavy atom. The Morgan fingerprint density at radius 2 is 0.915 bits per heavy atom. The lowest BCUT2D eigenvalue weighted by Gasteiger charge is -2.63. The van der Waals surface area contributed by atoms with E-state index < -0.39 is 24.4 Å². The standard InChI is InChI=1S/C50H84NO8/c1-27(33-11-13-35-45-37(25-41(56)49(33,35)5)47(3)19-17-31(52)21-29(47)23-39(45)54)9-15-43(58)51(7,8)44(59)16-10-28(2)34-12-14-36-46-38(26-42(57)50(34,36)6)48(4)20-18-32(53)22-30(48)24-40(46)55/h27-42,45-46,52-57H,9-26H2,1-8H3/q+1. The van der Waals surface area contributed by atoms with E-state index in [2.05, 4.69) is 41.5 Å². The Hall–Kier alpha value is -0.940. The largest absolute Gasteiger partial charge is 0.393 e. The Labute approximate surface area is 356 Å². The van der Waals surface area contributed by atoms with Gasteiger partial charge in [0.05, 0.1) is 63.6 Å². The molecule has 0 spiro atoms. The minimum atomic E-state index is -0.464. The highest BCUT2D eigenvalue weighted by Crippen LogP contribution is 2.70. The minimum absolute atomic E-state index is 0.0379. The molecule has 2 amide bonds. The number of aliphatic hydroxyl groups is 6. The summed E-state index contributed by atoms with van der Waals surface area (Å²) in [6.45, 7) is 13.7. The van der Waals surface area contributed by atoms with Gasteiger partial charge in [-0.2, -0.15) is 0 Å². The molecular formula is C50H84NO8+. The zero-order chi connectivity index (χ0) is 42.8. The molecule has 336 valence electrons. The summed E-state index contributed by atoms with van der Waals surface area (Å²) in [5, 5.41) is 68.4. The molecule has 6 N–H and O–H groups in total. The van der Waals surface area contributed by atoms with Crippen LogP contribution in [0.4, 0.5) is 0 Å². The van der Waals surface area contributed by atoms with Crippen molar-refractivity contribution < 1.29 is 44.7 Å². The first-order chi connectivity index (χ1) is 27.6. The molecule has 0 heterocycles. The van der Waals surface area contributed by atoms with Gasteiger partial charge in [-0.05, 0) is 195 Å². The fraction of sp³-hybridized carbons (Fsp3) is 0.960. The summed E-state index contributed by atoms with van der Waals surface area (Å²) in [6, 6.07) is 0. The molecule has 8 fully saturated rings. The van der Waals surface area contributed by atoms with Crippen molar-refractivity contribution in [2.45, 2.75) is 194 Å². The van der Waals surface area contributed by atoms with Gasteiger partial charge < -0.3 is 30.6 Å². The van der Waals surface area contributed by atoms with Gasteiger partial charge in [0.2, 0.25) is 0 Å². The van der Waals surface area contributed by atoms with Crippen LogP contribution in [0.5, 0.6) is 0 Å². The molecule has 9 nitrogen and oxygen atoms in total. The van der Waals surface area contributed by atoms with Crippen molar-refractivity contribution in [2.75, 3.05) is 14.1 Å². The topological polar surface area (TPSA) is 156 Å². The predicted molar refractivity (Wildman–Crippen MR) is 227 cm³/mol. The van der Waals surface area contributed by atoms with Crippen molar-refractivity contribution in [1.82, 2.24) is 0 Å². The number of hydrogen-bond donors (Lipinski definition) is 6. The number of aliphatic hydroxyl groups excluding tert-OH is 6. The van der Waals surface area contributed by atoms with Gasteiger partial charge in [-0.1, -0.05) is 41.5 Å². The Morgan fingerprint density at radius 1 is 0.542 bits per heavy atom. The molecule has 0 bridgehead atoms. The molecule has 8 saturated carbocycles. The normalized spacial score (nSPS) is 52.8. The van der Waals surface area contributed by atoms with Gasteiger partial charge in [0, 0.05) is 0 Å². The first-order valence-corrected chi connectivity index (χ1v) is 24.6. The molecular weight excluding hydrogens is 743 g/mol. The average Bonchev–Trinajstić information content (AvgIpc) is 3.73. The summed E-state index contributed by atoms with van der Waals surface area (Å²) in [5.41, 5.74) is -0.571. The molecule has 59 heavy (non-hydrogen) atoms. The third-order valence-electron chi connectivity index (χ3n) is 21.9. The first-order valence-electron chi connectivity index (χ1n) is 24.6. The van der Waals surface area contributed by atoms with Gasteiger partial charge in [-0.15, -0.1) is 0 Å². The van der Waals surface area contributed by atoms with Crippen LogP contribution in [-0.2, 0) is 9.59 Å². The van der Waals surface area contributed by atoms with Gasteiger partial charge in [-0.25, -0.2) is 14.1 Å². The van der Waals surface area contributed by atoms with E-state index in [9.17, 15) is 40.2 Å². The molecule has 8 rings (SSSR count). The number of rotatable bonds is 8. The molecule has 22 atom stereocenters. The van der Waals surface area contributed by atoms with E-state index in [0.29, 0.717) is 50.4 Å². The van der Waals surface area contributed by atoms with Crippen LogP contribution in [0.1, 0.15) is 157 Å². The average molecular weight is 827 g/mol. The van der Waals surface area contributed by atoms with E-state index >= 15 is 0 Å². The number of carbonyl (C=O) groups excluding carboxylic acids is 2. The Bertz CT molecular complexity index is 1470. The summed E-state index contributed by atoms with van der Waals surface area (Å²) in [6.07, 6.45) is 11.5. The van der Waals surface area contributed by atoms with Crippen molar-refractivity contribution in [1.29, 1.82) is 0 Å². The highest BCUT2D eigenvalue weighted by Gasteiger charge is 2.67. The zero-order valence-electron chi connectivity index (χ0n) is 38.1. The lowest BCUT2D eigenvalue weighted by molar-refractivity contribution is -0.736. The van der Waals surface area contributed by atoms with Crippen LogP contribution >= 0.6 is 0 Å². The lowest BCUT2D eigenvalue weighted by Crippen LogP contribution is -2.62. The predicted octanol–water partition coefficient (Wildman–Crippen LogP) is 6.87. The molecule has 0 aliphatic heterocycles. The molecule has 0 aromatic rings. The van der Waals surface area contributed by atoms with Crippen LogP contribution in [0, 0.1) is 92.7 Å². The van der Waals surface area contributed by atoms with Crippen LogP contribution in [-0.4, -0.2) is 97.7 Å². The smallest absolute Gasteiger partial charge is 0.320 e. The fourth-order valence-electron chi connectivity index (χ4n) is 18.1. The van der Waals surface area contributed by atoms with Crippen LogP contribution in [0.25, 0.3) is 0 Å². The summed E-state index contributed by atoms with van der Waals surface area (Å²) < 4.78 is -0.269. The van der Waals surface area contributed by atoms with Crippen molar-refractivity contribution in [3.63, 3.8) is 0 Å². The second-order valence-corrected chi connectivity index (χ2v) is 24.3. The summed E-state index contributed by atoms with van der Waals surface area (Å²) in [5.74, 6) is 2.65. The van der Waals surface area contributed by atoms with Crippen molar-refractivity contribution >= 4 is 11.8 Å². The fourth-order valence-corrected chi connectivity index (χ4v) is 18.1. The molecule has 9 heteroatoms. The second-order valence-electron chi connectivity index (χ2n) is 24.3. The Kier molecular flexibility index (Phi) is 11.8. The zero-order valence-corrected chi connectivity index (χ0v) is 38.1. The van der Waals surface area contributed by atoms with Crippen LogP contribution in [0.3, 0.4) is 0 Å². The van der Waals surface area contributed by atoms with Gasteiger partial charge in [0.25, 0.3) is 0 Å². The van der Waals surface area contributed by atoms with E-state index in [0.717, 1.165) is 77.0 Å². The third-order valence-corrected chi connectivity index (χ3v) is 21.9. The number of carbonyl (C=O) groups is 2. The highest BCUT2D eigenvalue weighted by atomic mass is 16.3. The van der Waals surface area contributed by atoms with Gasteiger partial charge >= 0.3 is 11.8 Å². The van der Waals surface area contributed by atoms with Gasteiger partial charge in [-0.3, -0.25) is 0 Å². The van der Waals surface area contributed by atoms with Crippen LogP contribution < -0.4 is 0 Å². The van der Waals surface area contributed by atoms with E-state index in [-0.39, 0.29) is 109 Å². The van der Waals surface area contributed by atoms with Crippen LogP contribution in [0.15, 0.2) is 0 Å². The second kappa shape index (κ2) is 15.6. The van der Waals surface area contributed by atoms with Gasteiger partial charge in [0.15, 0.2) is 0 Å². The minimum Gasteiger partial charge on any atom is -0.393 e. The van der Waals surface area contributed by atoms with E-state index in [1.807, 2.05) is 0 Å².